The summed E-state index contributed by atoms with van der Waals surface area (Å²) in [5, 5.41) is 14.2. The first-order valence-electron chi connectivity index (χ1n) is 11.3. The maximum atomic E-state index is 13.3. The molecule has 184 valence electrons. The van der Waals surface area contributed by atoms with E-state index in [2.05, 4.69) is 5.32 Å². The van der Waals surface area contributed by atoms with Crippen molar-refractivity contribution >= 4 is 34.8 Å². The Morgan fingerprint density at radius 3 is 2.75 bits per heavy atom. The Hall–Kier alpha value is -4.31. The second-order valence-corrected chi connectivity index (χ2v) is 8.78. The first-order valence-corrected chi connectivity index (χ1v) is 11.3. The topological polar surface area (TPSA) is 137 Å². The third-order valence-electron chi connectivity index (χ3n) is 6.56. The van der Waals surface area contributed by atoms with Gasteiger partial charge >= 0.3 is 11.9 Å². The standard InChI is InChI=1S/C26H23N3O7/c1-4-26(34)18-10-21-22-16(11-29(21)23(31)17(18)12-36-25(26)33)9-15-7-14(5-6-19(15)28-22)8-20(24(32)35-3)27-13(2)30/h5-10,34H,4,11-12H2,1-3H3,(H,27,30)/b20-8+/t26-/m0/s1. The second-order valence-electron chi connectivity index (χ2n) is 8.78. The number of amides is 1. The minimum Gasteiger partial charge on any atom is -0.464 e. The van der Waals surface area contributed by atoms with Gasteiger partial charge in [0.2, 0.25) is 5.91 Å². The molecule has 10 heteroatoms. The molecule has 0 bridgehead atoms. The minimum absolute atomic E-state index is 0.00295. The van der Waals surface area contributed by atoms with Gasteiger partial charge in [0, 0.05) is 23.4 Å². The van der Waals surface area contributed by atoms with Crippen LogP contribution in [0.2, 0.25) is 0 Å². The number of pyridine rings is 2. The van der Waals surface area contributed by atoms with Gasteiger partial charge in [-0.1, -0.05) is 13.0 Å². The number of methoxy groups -OCH3 is 1. The van der Waals surface area contributed by atoms with Crippen LogP contribution in [0.3, 0.4) is 0 Å². The third kappa shape index (κ3) is 3.57. The van der Waals surface area contributed by atoms with Crippen molar-refractivity contribution < 1.29 is 29.0 Å². The van der Waals surface area contributed by atoms with E-state index in [4.69, 9.17) is 14.5 Å². The number of rotatable bonds is 4. The number of hydrogen-bond donors (Lipinski definition) is 2. The maximum Gasteiger partial charge on any atom is 0.354 e. The zero-order valence-corrected chi connectivity index (χ0v) is 19.9. The van der Waals surface area contributed by atoms with Crippen LogP contribution in [0.5, 0.6) is 0 Å². The van der Waals surface area contributed by atoms with Crippen LogP contribution in [0, 0.1) is 0 Å². The summed E-state index contributed by atoms with van der Waals surface area (Å²) in [6, 6.07) is 8.89. The number of benzene rings is 1. The van der Waals surface area contributed by atoms with Gasteiger partial charge in [0.1, 0.15) is 12.3 Å². The lowest BCUT2D eigenvalue weighted by Gasteiger charge is -2.31. The molecule has 0 saturated heterocycles. The van der Waals surface area contributed by atoms with E-state index in [1.54, 1.807) is 29.7 Å². The molecule has 1 amide bonds. The maximum absolute atomic E-state index is 13.3. The van der Waals surface area contributed by atoms with Crippen molar-refractivity contribution in [2.45, 2.75) is 39.0 Å². The number of nitrogens with one attached hydrogen (secondary N) is 1. The van der Waals surface area contributed by atoms with Crippen molar-refractivity contribution in [3.63, 3.8) is 0 Å². The van der Waals surface area contributed by atoms with Gasteiger partial charge in [-0.05, 0) is 42.3 Å². The van der Waals surface area contributed by atoms with Gasteiger partial charge in [0.15, 0.2) is 5.60 Å². The van der Waals surface area contributed by atoms with E-state index in [0.717, 1.165) is 10.9 Å². The number of fused-ring (bicyclic) bond motifs is 5. The number of hydrogen-bond acceptors (Lipinski definition) is 8. The molecule has 1 atom stereocenters. The van der Waals surface area contributed by atoms with E-state index in [-0.39, 0.29) is 42.0 Å². The first kappa shape index (κ1) is 23.4. The van der Waals surface area contributed by atoms with Gasteiger partial charge in [0.05, 0.1) is 36.1 Å². The van der Waals surface area contributed by atoms with E-state index in [1.165, 1.54) is 20.1 Å². The molecule has 10 nitrogen and oxygen atoms in total. The molecule has 1 aromatic carbocycles. The Bertz CT molecular complexity index is 1570. The summed E-state index contributed by atoms with van der Waals surface area (Å²) < 4.78 is 11.4. The summed E-state index contributed by atoms with van der Waals surface area (Å²) in [5.41, 5.74) is 1.53. The summed E-state index contributed by atoms with van der Waals surface area (Å²) in [6.45, 7) is 3.04. The molecule has 0 saturated carbocycles. The first-order chi connectivity index (χ1) is 17.2. The predicted molar refractivity (Wildman–Crippen MR) is 128 cm³/mol. The van der Waals surface area contributed by atoms with Crippen LogP contribution in [0.4, 0.5) is 0 Å². The van der Waals surface area contributed by atoms with Crippen molar-refractivity contribution in [3.8, 4) is 11.4 Å². The number of carbonyl (C=O) groups is 3. The van der Waals surface area contributed by atoms with Crippen LogP contribution >= 0.6 is 0 Å². The molecular formula is C26H23N3O7. The SMILES string of the molecule is CC[C@@]1(O)C(=O)OCc2c1cc1n(c2=O)Cc2cc3cc(/C=C(/NC(C)=O)C(=O)OC)ccc3nc2-1. The molecule has 0 unspecified atom stereocenters. The highest BCUT2D eigenvalue weighted by molar-refractivity contribution is 5.98. The normalized spacial score (nSPS) is 18.2. The van der Waals surface area contributed by atoms with Gasteiger partial charge in [-0.15, -0.1) is 0 Å². The highest BCUT2D eigenvalue weighted by atomic mass is 16.6. The highest BCUT2D eigenvalue weighted by Crippen LogP contribution is 2.38. The zero-order chi connectivity index (χ0) is 25.8. The highest BCUT2D eigenvalue weighted by Gasteiger charge is 2.45. The van der Waals surface area contributed by atoms with Crippen molar-refractivity contribution in [2.24, 2.45) is 0 Å². The van der Waals surface area contributed by atoms with Gasteiger partial charge in [0.25, 0.3) is 5.56 Å². The van der Waals surface area contributed by atoms with Crippen LogP contribution < -0.4 is 10.9 Å². The number of esters is 2. The molecule has 2 N–H and O–H groups in total. The molecule has 2 aliphatic rings. The van der Waals surface area contributed by atoms with Crippen LogP contribution in [-0.4, -0.2) is 39.6 Å². The summed E-state index contributed by atoms with van der Waals surface area (Å²) in [7, 11) is 1.23. The average molecular weight is 489 g/mol. The van der Waals surface area contributed by atoms with Crippen molar-refractivity contribution in [3.05, 3.63) is 68.6 Å². The monoisotopic (exact) mass is 489 g/mol. The van der Waals surface area contributed by atoms with Gasteiger partial charge in [-0.3, -0.25) is 9.59 Å². The fraction of sp³-hybridized carbons (Fsp3) is 0.269. The molecule has 2 aromatic heterocycles. The molecule has 3 aromatic rings. The van der Waals surface area contributed by atoms with E-state index in [1.807, 2.05) is 12.1 Å². The van der Waals surface area contributed by atoms with Gasteiger partial charge in [-0.25, -0.2) is 14.6 Å². The second kappa shape index (κ2) is 8.42. The lowest BCUT2D eigenvalue weighted by Crippen LogP contribution is -2.44. The number of nitrogens with zero attached hydrogens (tertiary/aromatic N) is 2. The lowest BCUT2D eigenvalue weighted by molar-refractivity contribution is -0.172. The summed E-state index contributed by atoms with van der Waals surface area (Å²) in [5.74, 6) is -1.84. The third-order valence-corrected chi connectivity index (χ3v) is 6.56. The number of aromatic nitrogens is 2. The number of aliphatic hydroxyl groups is 1. The van der Waals surface area contributed by atoms with Crippen LogP contribution in [-0.2, 0) is 42.6 Å². The Morgan fingerprint density at radius 1 is 1.28 bits per heavy atom. The van der Waals surface area contributed by atoms with Crippen LogP contribution in [0.25, 0.3) is 28.4 Å². The smallest absolute Gasteiger partial charge is 0.354 e. The minimum atomic E-state index is -1.88. The molecular weight excluding hydrogens is 466 g/mol. The Morgan fingerprint density at radius 2 is 2.06 bits per heavy atom. The van der Waals surface area contributed by atoms with Crippen molar-refractivity contribution in [2.75, 3.05) is 7.11 Å². The number of ether oxygens (including phenoxy) is 2. The fourth-order valence-electron chi connectivity index (χ4n) is 4.71. The zero-order valence-electron chi connectivity index (χ0n) is 19.9. The van der Waals surface area contributed by atoms with E-state index in [9.17, 15) is 24.3 Å². The molecule has 2 aliphatic heterocycles. The molecule has 0 fully saturated rings. The molecule has 0 radical (unpaired) electrons. The molecule has 36 heavy (non-hydrogen) atoms. The molecule has 5 rings (SSSR count). The van der Waals surface area contributed by atoms with Gasteiger partial charge < -0.3 is 24.5 Å². The van der Waals surface area contributed by atoms with Gasteiger partial charge in [-0.2, -0.15) is 0 Å². The van der Waals surface area contributed by atoms with Crippen LogP contribution in [0.15, 0.2) is 40.8 Å². The summed E-state index contributed by atoms with van der Waals surface area (Å²) in [6.07, 6.45) is 1.58. The summed E-state index contributed by atoms with van der Waals surface area (Å²) >= 11 is 0. The van der Waals surface area contributed by atoms with Crippen molar-refractivity contribution in [1.82, 2.24) is 14.9 Å². The molecule has 0 spiro atoms. The average Bonchev–Trinajstić information content (AvgIpc) is 3.21. The molecule has 4 heterocycles. The van der Waals surface area contributed by atoms with E-state index < -0.39 is 23.4 Å². The predicted octanol–water partition coefficient (Wildman–Crippen LogP) is 1.73. The number of carbonyl (C=O) groups excluding carboxylic acids is 3. The Kier molecular flexibility index (Phi) is 5.48. The lowest BCUT2D eigenvalue weighted by atomic mass is 9.86. The Labute approximate surface area is 205 Å². The van der Waals surface area contributed by atoms with Crippen LogP contribution in [0.1, 0.15) is 42.5 Å². The molecule has 0 aliphatic carbocycles. The largest absolute Gasteiger partial charge is 0.464 e. The van der Waals surface area contributed by atoms with E-state index >= 15 is 0 Å². The quantitative estimate of drug-likeness (QED) is 0.327. The number of cyclic esters (lactones) is 1. The Balaban J connectivity index is 1.61. The summed E-state index contributed by atoms with van der Waals surface area (Å²) in [4.78, 5) is 53.9. The van der Waals surface area contributed by atoms with Crippen molar-refractivity contribution in [1.29, 1.82) is 0 Å². The van der Waals surface area contributed by atoms with E-state index in [0.29, 0.717) is 22.5 Å². The fourth-order valence-corrected chi connectivity index (χ4v) is 4.71.